The average molecular weight is 701 g/mol. The largest absolute Gasteiger partial charge is 0.494 e. The minimum absolute atomic E-state index is 0.00606. The first-order valence-electron chi connectivity index (χ1n) is 19.3. The molecule has 1 aromatic carbocycles. The summed E-state index contributed by atoms with van der Waals surface area (Å²) < 4.78 is 34.1. The number of hydrogen-bond donors (Lipinski definition) is 1. The van der Waals surface area contributed by atoms with E-state index < -0.39 is 23.7 Å². The van der Waals surface area contributed by atoms with Gasteiger partial charge in [-0.3, -0.25) is 9.88 Å². The Balaban J connectivity index is 1.27. The quantitative estimate of drug-likeness (QED) is 0.284. The zero-order chi connectivity index (χ0) is 35.7. The first kappa shape index (κ1) is 35.5. The van der Waals surface area contributed by atoms with Crippen LogP contribution in [0, 0.1) is 5.41 Å². The van der Waals surface area contributed by atoms with Gasteiger partial charge in [-0.2, -0.15) is 0 Å². The molecule has 5 aliphatic rings. The van der Waals surface area contributed by atoms with Crippen molar-refractivity contribution in [3.05, 3.63) is 41.7 Å². The summed E-state index contributed by atoms with van der Waals surface area (Å²) >= 11 is 0. The van der Waals surface area contributed by atoms with Crippen LogP contribution in [0.1, 0.15) is 90.5 Å². The number of ether oxygens (including phenoxy) is 3. The minimum Gasteiger partial charge on any atom is -0.399 e. The maximum atomic E-state index is 11.0. The molecule has 8 rings (SSSR count). The van der Waals surface area contributed by atoms with Crippen LogP contribution in [-0.4, -0.2) is 110 Å². The molecule has 0 spiro atoms. The number of anilines is 1. The Hall–Kier alpha value is -2.51. The molecule has 11 heteroatoms. The third kappa shape index (κ3) is 6.34. The Kier molecular flexibility index (Phi) is 9.34. The summed E-state index contributed by atoms with van der Waals surface area (Å²) in [5, 5.41) is 12.1. The van der Waals surface area contributed by atoms with Crippen LogP contribution >= 0.6 is 0 Å². The van der Waals surface area contributed by atoms with Gasteiger partial charge in [0.25, 0.3) is 0 Å². The fourth-order valence-corrected chi connectivity index (χ4v) is 8.81. The maximum absolute atomic E-state index is 11.0. The number of rotatable bonds is 10. The molecule has 5 heterocycles. The van der Waals surface area contributed by atoms with Crippen molar-refractivity contribution in [2.75, 3.05) is 64.6 Å². The predicted octanol–water partition coefficient (Wildman–Crippen LogP) is 5.29. The molecule has 1 unspecified atom stereocenters. The molecule has 1 N–H and O–H groups in total. The van der Waals surface area contributed by atoms with E-state index in [-0.39, 0.29) is 24.7 Å². The van der Waals surface area contributed by atoms with Crippen molar-refractivity contribution in [2.24, 2.45) is 5.41 Å². The second-order valence-corrected chi connectivity index (χ2v) is 17.1. The number of pyridine rings is 1. The van der Waals surface area contributed by atoms with E-state index >= 15 is 0 Å². The Morgan fingerprint density at radius 3 is 2.33 bits per heavy atom. The van der Waals surface area contributed by atoms with Crippen molar-refractivity contribution < 1.29 is 28.6 Å². The highest BCUT2D eigenvalue weighted by atomic mass is 16.7. The van der Waals surface area contributed by atoms with E-state index in [0.717, 1.165) is 97.3 Å². The lowest BCUT2D eigenvalue weighted by molar-refractivity contribution is -0.0336. The fourth-order valence-electron chi connectivity index (χ4n) is 8.81. The number of benzene rings is 1. The third-order valence-electron chi connectivity index (χ3n) is 12.8. The van der Waals surface area contributed by atoms with Gasteiger partial charge in [-0.15, -0.1) is 0 Å². The molecule has 0 bridgehead atoms. The molecule has 276 valence electrons. The molecule has 2 atom stereocenters. The van der Waals surface area contributed by atoms with E-state index in [1.54, 1.807) is 7.11 Å². The third-order valence-corrected chi connectivity index (χ3v) is 12.8. The van der Waals surface area contributed by atoms with Gasteiger partial charge in [0.05, 0.1) is 47.2 Å². The highest BCUT2D eigenvalue weighted by molar-refractivity contribution is 6.62. The zero-order valence-corrected chi connectivity index (χ0v) is 31.7. The summed E-state index contributed by atoms with van der Waals surface area (Å²) in [7, 11) is 1.29. The summed E-state index contributed by atoms with van der Waals surface area (Å²) in [5.41, 5.74) is 6.21. The zero-order valence-electron chi connectivity index (χ0n) is 31.7. The molecular formula is C40H57BN4O6. The maximum Gasteiger partial charge on any atom is 0.494 e. The molecular weight excluding hydrogens is 643 g/mol. The molecule has 3 aliphatic heterocycles. The monoisotopic (exact) mass is 700 g/mol. The number of fused-ring (bicyclic) bond motifs is 5. The molecule has 1 saturated carbocycles. The van der Waals surface area contributed by atoms with Crippen molar-refractivity contribution in [1.29, 1.82) is 0 Å². The van der Waals surface area contributed by atoms with E-state index in [1.165, 1.54) is 18.4 Å². The smallest absolute Gasteiger partial charge is 0.399 e. The van der Waals surface area contributed by atoms with Crippen LogP contribution in [0.25, 0.3) is 22.2 Å². The molecule has 51 heavy (non-hydrogen) atoms. The van der Waals surface area contributed by atoms with Gasteiger partial charge in [0.15, 0.2) is 0 Å². The Morgan fingerprint density at radius 2 is 1.69 bits per heavy atom. The van der Waals surface area contributed by atoms with Gasteiger partial charge in [-0.25, -0.2) is 0 Å². The minimum atomic E-state index is -0.509. The standard InChI is InChI=1S/C40H57BN4O6/c1-38(2,25-46)34-33-30-22-26(41-50-39(3,4)40(5,6)51-41)8-11-32(30)45(18-21-49-29-12-19-48-20-13-29)36(33)31-23-28(24-42-35(31)37(34)47-7)44-16-14-43(15-17-44)27-9-10-27/h8,11,22-24,27,29,34,37,46H,9-10,12-21,25H2,1-7H3/t34?,37-/m0/s1. The Morgan fingerprint density at radius 1 is 0.980 bits per heavy atom. The van der Waals surface area contributed by atoms with Gasteiger partial charge in [0.2, 0.25) is 0 Å². The second-order valence-electron chi connectivity index (χ2n) is 17.1. The predicted molar refractivity (Wildman–Crippen MR) is 201 cm³/mol. The molecule has 10 nitrogen and oxygen atoms in total. The van der Waals surface area contributed by atoms with Crippen LogP contribution in [0.15, 0.2) is 30.5 Å². The van der Waals surface area contributed by atoms with Crippen molar-refractivity contribution in [2.45, 2.75) is 109 Å². The van der Waals surface area contributed by atoms with E-state index in [4.69, 9.17) is 28.5 Å². The van der Waals surface area contributed by atoms with Crippen molar-refractivity contribution in [3.63, 3.8) is 0 Å². The van der Waals surface area contributed by atoms with E-state index in [9.17, 15) is 5.11 Å². The summed E-state index contributed by atoms with van der Waals surface area (Å²) in [4.78, 5) is 10.4. The molecule has 0 amide bonds. The number of aliphatic hydroxyl groups is 1. The highest BCUT2D eigenvalue weighted by Crippen LogP contribution is 2.57. The molecule has 3 saturated heterocycles. The van der Waals surface area contributed by atoms with E-state index in [0.29, 0.717) is 13.2 Å². The Labute approximate surface area is 303 Å². The number of hydrogen-bond acceptors (Lipinski definition) is 9. The van der Waals surface area contributed by atoms with E-state index in [1.807, 2.05) is 6.20 Å². The lowest BCUT2D eigenvalue weighted by atomic mass is 9.67. The Bertz CT molecular complexity index is 1720. The van der Waals surface area contributed by atoms with Crippen LogP contribution in [0.5, 0.6) is 0 Å². The first-order chi connectivity index (χ1) is 24.4. The molecule has 2 aromatic heterocycles. The van der Waals surface area contributed by atoms with Crippen molar-refractivity contribution in [3.8, 4) is 11.3 Å². The van der Waals surface area contributed by atoms with Gasteiger partial charge in [-0.05, 0) is 82.0 Å². The number of piperazine rings is 1. The summed E-state index contributed by atoms with van der Waals surface area (Å²) in [6.07, 6.45) is 6.44. The lowest BCUT2D eigenvalue weighted by Crippen LogP contribution is -2.47. The summed E-state index contributed by atoms with van der Waals surface area (Å²) in [6.45, 7) is 19.6. The van der Waals surface area contributed by atoms with Gasteiger partial charge in [-0.1, -0.05) is 26.0 Å². The van der Waals surface area contributed by atoms with Gasteiger partial charge < -0.3 is 38.1 Å². The lowest BCUT2D eigenvalue weighted by Gasteiger charge is -2.42. The van der Waals surface area contributed by atoms with Gasteiger partial charge >= 0.3 is 7.12 Å². The second kappa shape index (κ2) is 13.4. The SMILES string of the molecule is CO[C@@H]1c2ncc(N3CCN(C4CC4)CC3)cc2-c2c(c3cc(B4OC(C)(C)C(C)(C)O4)ccc3n2CCOC2CCOCC2)C1C(C)(C)CO. The molecule has 3 aromatic rings. The van der Waals surface area contributed by atoms with Crippen LogP contribution in [0.4, 0.5) is 5.69 Å². The van der Waals surface area contributed by atoms with Crippen LogP contribution in [0.3, 0.4) is 0 Å². The molecule has 4 fully saturated rings. The molecule has 0 radical (unpaired) electrons. The summed E-state index contributed by atoms with van der Waals surface area (Å²) in [6, 6.07) is 9.78. The number of aliphatic hydroxyl groups excluding tert-OH is 1. The van der Waals surface area contributed by atoms with E-state index in [2.05, 4.69) is 80.2 Å². The van der Waals surface area contributed by atoms with Gasteiger partial charge in [0, 0.05) is 88.1 Å². The fraction of sp³-hybridized carbons (Fsp3) is 0.675. The van der Waals surface area contributed by atoms with Crippen LogP contribution < -0.4 is 10.4 Å². The van der Waals surface area contributed by atoms with Crippen molar-refractivity contribution >= 4 is 29.2 Å². The van der Waals surface area contributed by atoms with Crippen LogP contribution in [0.2, 0.25) is 0 Å². The van der Waals surface area contributed by atoms with Crippen molar-refractivity contribution in [1.82, 2.24) is 14.5 Å². The highest BCUT2D eigenvalue weighted by Gasteiger charge is 2.52. The number of nitrogens with zero attached hydrogens (tertiary/aromatic N) is 4. The number of aromatic nitrogens is 2. The van der Waals surface area contributed by atoms with Gasteiger partial charge in [0.1, 0.15) is 6.10 Å². The summed E-state index contributed by atoms with van der Waals surface area (Å²) in [5.74, 6) is -0.163. The van der Waals surface area contributed by atoms with Crippen LogP contribution in [-0.2, 0) is 30.1 Å². The molecule has 2 aliphatic carbocycles. The average Bonchev–Trinajstić information content (AvgIpc) is 3.89. The topological polar surface area (TPSA) is 90.7 Å². The normalized spacial score (nSPS) is 25.4. The first-order valence-corrected chi connectivity index (χ1v) is 19.3. The number of methoxy groups -OCH3 is 1.